The fourth-order valence-electron chi connectivity index (χ4n) is 0.581. The van der Waals surface area contributed by atoms with Crippen molar-refractivity contribution in [3.05, 3.63) is 0 Å². The summed E-state index contributed by atoms with van der Waals surface area (Å²) in [5, 5.41) is 18.0. The lowest BCUT2D eigenvalue weighted by Crippen LogP contribution is -2.30. The molecular weight excluding hydrogens is 199 g/mol. The van der Waals surface area contributed by atoms with Crippen LogP contribution in [0.1, 0.15) is 6.42 Å². The average Bonchev–Trinajstić information content (AvgIpc) is 1.99. The van der Waals surface area contributed by atoms with Crippen molar-refractivity contribution in [1.82, 2.24) is 0 Å². The molecule has 0 bridgehead atoms. The third-order valence-corrected chi connectivity index (χ3v) is 1.89. The van der Waals surface area contributed by atoms with E-state index in [1.165, 1.54) is 0 Å². The average molecular weight is 212 g/mol. The first-order valence-corrected chi connectivity index (χ1v) is 5.64. The maximum Gasteiger partial charge on any atom is 0.325 e. The van der Waals surface area contributed by atoms with Gasteiger partial charge in [-0.05, 0) is 0 Å². The Morgan fingerprint density at radius 1 is 1.46 bits per heavy atom. The molecule has 0 aromatic rings. The number of hydrogen-bond donors (Lipinski definition) is 3. The fourth-order valence-corrected chi connectivity index (χ4v) is 1.01. The van der Waals surface area contributed by atoms with Gasteiger partial charge in [-0.25, -0.2) is 0 Å². The molecule has 1 unspecified atom stereocenters. The lowest BCUT2D eigenvalue weighted by Gasteiger charge is -2.16. The molecule has 6 nitrogen and oxygen atoms in total. The van der Waals surface area contributed by atoms with E-state index in [0.29, 0.717) is 6.29 Å². The predicted molar refractivity (Wildman–Crippen MR) is 44.4 cm³/mol. The van der Waals surface area contributed by atoms with E-state index in [1.807, 2.05) is 0 Å². The first-order chi connectivity index (χ1) is 5.87. The second kappa shape index (κ2) is 5.47. The van der Waals surface area contributed by atoms with E-state index in [9.17, 15) is 9.36 Å². The fraction of sp³-hybridized carbons (Fsp3) is 0.833. The molecule has 0 saturated carbocycles. The first-order valence-electron chi connectivity index (χ1n) is 3.61. The molecular formula is C6H13O6P. The highest BCUT2D eigenvalue weighted by atomic mass is 31.2. The molecule has 0 saturated heterocycles. The van der Waals surface area contributed by atoms with Crippen LogP contribution >= 0.6 is 7.60 Å². The van der Waals surface area contributed by atoms with Gasteiger partial charge in [0.1, 0.15) is 12.4 Å². The van der Waals surface area contributed by atoms with Gasteiger partial charge in [0.15, 0.2) is 0 Å². The molecule has 13 heavy (non-hydrogen) atoms. The molecule has 0 aliphatic rings. The topological polar surface area (TPSA) is 104 Å². The van der Waals surface area contributed by atoms with Gasteiger partial charge in [-0.2, -0.15) is 0 Å². The van der Waals surface area contributed by atoms with E-state index in [4.69, 9.17) is 15.1 Å². The van der Waals surface area contributed by atoms with Gasteiger partial charge in [0, 0.05) is 13.1 Å². The Morgan fingerprint density at radius 2 is 2.00 bits per heavy atom. The van der Waals surface area contributed by atoms with Crippen LogP contribution in [0.5, 0.6) is 0 Å². The minimum absolute atomic E-state index is 0.232. The first kappa shape index (κ1) is 12.7. The van der Waals surface area contributed by atoms with Crippen LogP contribution < -0.4 is 0 Å². The Balaban J connectivity index is 3.80. The van der Waals surface area contributed by atoms with Crippen molar-refractivity contribution in [2.45, 2.75) is 18.6 Å². The van der Waals surface area contributed by atoms with Crippen LogP contribution in [-0.4, -0.2) is 46.9 Å². The summed E-state index contributed by atoms with van der Waals surface area (Å²) in [6.07, 6.45) is -2.38. The Kier molecular flexibility index (Phi) is 5.36. The summed E-state index contributed by atoms with van der Waals surface area (Å²) >= 11 is 0. The largest absolute Gasteiger partial charge is 0.390 e. The van der Waals surface area contributed by atoms with Crippen molar-refractivity contribution >= 4 is 13.9 Å². The number of aliphatic hydroxyl groups excluding tert-OH is 2. The van der Waals surface area contributed by atoms with Gasteiger partial charge in [0.25, 0.3) is 0 Å². The Bertz CT molecular complexity index is 199. The third kappa shape index (κ3) is 6.86. The number of hydrogen-bond acceptors (Lipinski definition) is 5. The van der Waals surface area contributed by atoms with Gasteiger partial charge in [-0.15, -0.1) is 0 Å². The zero-order valence-corrected chi connectivity index (χ0v) is 8.05. The molecule has 0 fully saturated rings. The van der Waals surface area contributed by atoms with Crippen LogP contribution in [0.25, 0.3) is 0 Å². The maximum atomic E-state index is 10.6. The molecule has 0 aliphatic heterocycles. The van der Waals surface area contributed by atoms with Crippen molar-refractivity contribution in [3.8, 4) is 0 Å². The Morgan fingerprint density at radius 3 is 2.38 bits per heavy atom. The Hall–Kier alpha value is -0.260. The van der Waals surface area contributed by atoms with Crippen molar-refractivity contribution in [2.24, 2.45) is 0 Å². The summed E-state index contributed by atoms with van der Waals surface area (Å²) in [5.74, 6) is 0. The molecule has 3 atom stereocenters. The highest BCUT2D eigenvalue weighted by molar-refractivity contribution is 7.51. The third-order valence-electron chi connectivity index (χ3n) is 1.27. The number of aliphatic hydroxyl groups is 2. The minimum atomic E-state index is -3.64. The molecule has 0 aromatic heterocycles. The molecule has 3 N–H and O–H groups in total. The van der Waals surface area contributed by atoms with Crippen LogP contribution in [0.2, 0.25) is 0 Å². The molecule has 0 aliphatic carbocycles. The van der Waals surface area contributed by atoms with Crippen LogP contribution in [0.15, 0.2) is 0 Å². The van der Waals surface area contributed by atoms with Crippen LogP contribution in [0, 0.1) is 0 Å². The van der Waals surface area contributed by atoms with Crippen molar-refractivity contribution in [3.63, 3.8) is 0 Å². The second-order valence-corrected chi connectivity index (χ2v) is 4.50. The molecule has 7 heteroatoms. The minimum Gasteiger partial charge on any atom is -0.390 e. The van der Waals surface area contributed by atoms with Gasteiger partial charge in [0.05, 0.1) is 12.7 Å². The van der Waals surface area contributed by atoms with Crippen molar-refractivity contribution in [1.29, 1.82) is 0 Å². The molecule has 78 valence electrons. The van der Waals surface area contributed by atoms with E-state index in [1.54, 1.807) is 0 Å². The molecule has 0 radical (unpaired) electrons. The zero-order valence-electron chi connectivity index (χ0n) is 7.16. The summed E-state index contributed by atoms with van der Waals surface area (Å²) in [6.45, 7) is 0.491. The van der Waals surface area contributed by atoms with Crippen LogP contribution in [0.3, 0.4) is 0 Å². The normalized spacial score (nSPS) is 20.3. The summed E-state index contributed by atoms with van der Waals surface area (Å²) in [4.78, 5) is 18.6. The molecule has 0 amide bonds. The van der Waals surface area contributed by atoms with E-state index in [0.717, 1.165) is 6.66 Å². The van der Waals surface area contributed by atoms with Gasteiger partial charge in [0.2, 0.25) is 0 Å². The summed E-state index contributed by atoms with van der Waals surface area (Å²) in [7, 11) is -3.64. The maximum absolute atomic E-state index is 10.6. The lowest BCUT2D eigenvalue weighted by molar-refractivity contribution is -0.111. The second-order valence-electron chi connectivity index (χ2n) is 2.64. The van der Waals surface area contributed by atoms with Crippen LogP contribution in [0.4, 0.5) is 0 Å². The van der Waals surface area contributed by atoms with E-state index >= 15 is 0 Å². The quantitative estimate of drug-likeness (QED) is 0.390. The van der Waals surface area contributed by atoms with Gasteiger partial charge in [-0.1, -0.05) is 0 Å². The highest BCUT2D eigenvalue weighted by Crippen LogP contribution is 2.36. The highest BCUT2D eigenvalue weighted by Gasteiger charge is 2.19. The predicted octanol–water partition coefficient (Wildman–Crippen LogP) is -0.871. The monoisotopic (exact) mass is 212 g/mol. The van der Waals surface area contributed by atoms with Crippen LogP contribution in [-0.2, 0) is 13.9 Å². The molecule has 0 aromatic carbocycles. The lowest BCUT2D eigenvalue weighted by atomic mass is 10.2. The van der Waals surface area contributed by atoms with Gasteiger partial charge >= 0.3 is 7.60 Å². The van der Waals surface area contributed by atoms with E-state index in [-0.39, 0.29) is 6.42 Å². The van der Waals surface area contributed by atoms with E-state index in [2.05, 4.69) is 4.52 Å². The van der Waals surface area contributed by atoms with Crippen molar-refractivity contribution < 1.29 is 29.0 Å². The zero-order chi connectivity index (χ0) is 10.5. The Labute approximate surface area is 75.7 Å². The van der Waals surface area contributed by atoms with E-state index < -0.39 is 26.4 Å². The SMILES string of the molecule is CP(=O)(O)OC[C@@H](O)[C@@H](O)CC=O. The smallest absolute Gasteiger partial charge is 0.325 e. The molecule has 0 rings (SSSR count). The number of carbonyl (C=O) groups is 1. The van der Waals surface area contributed by atoms with Gasteiger partial charge < -0.3 is 24.4 Å². The summed E-state index contributed by atoms with van der Waals surface area (Å²) in [5.41, 5.74) is 0. The number of aldehydes is 1. The standard InChI is InChI=1S/C6H13O6P/c1-13(10,11)12-4-6(9)5(8)2-3-7/h3,5-6,8-9H,2,4H2,1H3,(H,10,11)/t5-,6+/m0/s1. The number of rotatable bonds is 6. The summed E-state index contributed by atoms with van der Waals surface area (Å²) < 4.78 is 14.9. The number of carbonyl (C=O) groups excluding carboxylic acids is 1. The van der Waals surface area contributed by atoms with Crippen molar-refractivity contribution in [2.75, 3.05) is 13.3 Å². The molecule has 0 spiro atoms. The molecule has 0 heterocycles. The summed E-state index contributed by atoms with van der Waals surface area (Å²) in [6, 6.07) is 0. The van der Waals surface area contributed by atoms with Gasteiger partial charge in [-0.3, -0.25) is 4.57 Å².